The first-order valence-corrected chi connectivity index (χ1v) is 12.0. The molecular weight excluding hydrogens is 465 g/mol. The lowest BCUT2D eigenvalue weighted by atomic mass is 10.1. The van der Waals surface area contributed by atoms with Crippen LogP contribution in [0.1, 0.15) is 22.8 Å². The van der Waals surface area contributed by atoms with Crippen molar-refractivity contribution in [2.75, 3.05) is 31.9 Å². The van der Waals surface area contributed by atoms with Crippen LogP contribution in [0.25, 0.3) is 5.69 Å². The second-order valence-corrected chi connectivity index (χ2v) is 8.90. The Labute approximate surface area is 200 Å². The maximum absolute atomic E-state index is 13.3. The Morgan fingerprint density at radius 2 is 1.82 bits per heavy atom. The number of amides is 2. The minimum absolute atomic E-state index is 0.0229. The van der Waals surface area contributed by atoms with Crippen molar-refractivity contribution in [1.82, 2.24) is 24.6 Å². The topological polar surface area (TPSA) is 71.3 Å². The first-order valence-electron chi connectivity index (χ1n) is 10.6. The number of hydrogen-bond donors (Lipinski definition) is 0. The fraction of sp³-hybridized carbons (Fsp3) is 0.304. The van der Waals surface area contributed by atoms with Gasteiger partial charge in [0.05, 0.1) is 22.0 Å². The molecule has 0 aliphatic carbocycles. The molecule has 3 aromatic rings. The number of carbonyl (C=O) groups excluding carboxylic acids is 2. The Hall–Kier alpha value is -2.91. The van der Waals surface area contributed by atoms with Crippen molar-refractivity contribution >= 4 is 35.2 Å². The molecule has 33 heavy (non-hydrogen) atoms. The van der Waals surface area contributed by atoms with E-state index in [4.69, 9.17) is 11.6 Å². The average Bonchev–Trinajstić information content (AvgIpc) is 3.30. The third-order valence-electron chi connectivity index (χ3n) is 5.55. The second-order valence-electron chi connectivity index (χ2n) is 7.55. The summed E-state index contributed by atoms with van der Waals surface area (Å²) in [4.78, 5) is 28.9. The fourth-order valence-electron chi connectivity index (χ4n) is 3.74. The molecule has 0 unspecified atom stereocenters. The van der Waals surface area contributed by atoms with Gasteiger partial charge in [0.2, 0.25) is 5.91 Å². The summed E-state index contributed by atoms with van der Waals surface area (Å²) in [5, 5.41) is 8.95. The van der Waals surface area contributed by atoms with Crippen LogP contribution in [-0.4, -0.2) is 68.3 Å². The summed E-state index contributed by atoms with van der Waals surface area (Å²) in [5.74, 6) is -0.544. The van der Waals surface area contributed by atoms with E-state index in [1.54, 1.807) is 16.1 Å². The van der Waals surface area contributed by atoms with Crippen LogP contribution in [0.4, 0.5) is 4.39 Å². The van der Waals surface area contributed by atoms with Crippen molar-refractivity contribution in [1.29, 1.82) is 0 Å². The number of piperazine rings is 1. The molecular formula is C23H23ClFN5O2S. The van der Waals surface area contributed by atoms with Crippen LogP contribution in [0.3, 0.4) is 0 Å². The highest BCUT2D eigenvalue weighted by atomic mass is 35.5. The molecule has 0 radical (unpaired) electrons. The van der Waals surface area contributed by atoms with E-state index in [0.717, 1.165) is 18.2 Å². The van der Waals surface area contributed by atoms with Crippen molar-refractivity contribution in [3.8, 4) is 5.69 Å². The van der Waals surface area contributed by atoms with Crippen molar-refractivity contribution < 1.29 is 14.0 Å². The predicted molar refractivity (Wildman–Crippen MR) is 125 cm³/mol. The van der Waals surface area contributed by atoms with Crippen LogP contribution in [0.15, 0.2) is 53.9 Å². The Balaban J connectivity index is 1.33. The van der Waals surface area contributed by atoms with Crippen LogP contribution in [-0.2, 0) is 11.2 Å². The highest BCUT2D eigenvalue weighted by Gasteiger charge is 2.26. The van der Waals surface area contributed by atoms with Crippen molar-refractivity contribution in [3.63, 3.8) is 0 Å². The van der Waals surface area contributed by atoms with E-state index in [1.807, 2.05) is 22.8 Å². The monoisotopic (exact) mass is 487 g/mol. The zero-order valence-electron chi connectivity index (χ0n) is 18.1. The van der Waals surface area contributed by atoms with E-state index in [2.05, 4.69) is 23.2 Å². The summed E-state index contributed by atoms with van der Waals surface area (Å²) in [6.07, 6.45) is 2.54. The summed E-state index contributed by atoms with van der Waals surface area (Å²) in [7, 11) is 0. The molecule has 0 saturated carbocycles. The van der Waals surface area contributed by atoms with Crippen molar-refractivity contribution in [2.45, 2.75) is 18.5 Å². The van der Waals surface area contributed by atoms with Gasteiger partial charge in [-0.2, -0.15) is 0 Å². The third-order valence-corrected chi connectivity index (χ3v) is 6.79. The number of para-hydroxylation sites is 1. The highest BCUT2D eigenvalue weighted by Crippen LogP contribution is 2.24. The van der Waals surface area contributed by atoms with Gasteiger partial charge in [-0.25, -0.2) is 4.39 Å². The molecule has 2 heterocycles. The summed E-state index contributed by atoms with van der Waals surface area (Å²) in [6, 6.07) is 11.8. The summed E-state index contributed by atoms with van der Waals surface area (Å²) in [5.41, 5.74) is 2.44. The predicted octanol–water partition coefficient (Wildman–Crippen LogP) is 3.70. The lowest BCUT2D eigenvalue weighted by Crippen LogP contribution is -2.51. The minimum atomic E-state index is -0.488. The molecule has 1 aliphatic heterocycles. The quantitative estimate of drug-likeness (QED) is 0.496. The number of carbonyl (C=O) groups is 2. The normalized spacial score (nSPS) is 13.9. The molecule has 0 N–H and O–H groups in total. The number of hydrogen-bond acceptors (Lipinski definition) is 5. The van der Waals surface area contributed by atoms with Gasteiger partial charge < -0.3 is 9.80 Å². The highest BCUT2D eigenvalue weighted by molar-refractivity contribution is 7.99. The molecule has 0 atom stereocenters. The fourth-order valence-corrected chi connectivity index (χ4v) is 4.82. The minimum Gasteiger partial charge on any atom is -0.338 e. The van der Waals surface area contributed by atoms with Gasteiger partial charge in [-0.15, -0.1) is 10.2 Å². The molecule has 4 rings (SSSR count). The first-order chi connectivity index (χ1) is 16.0. The molecule has 1 saturated heterocycles. The number of benzene rings is 2. The molecule has 0 bridgehead atoms. The van der Waals surface area contributed by atoms with Gasteiger partial charge in [0.1, 0.15) is 12.1 Å². The number of aromatic nitrogens is 3. The van der Waals surface area contributed by atoms with Crippen LogP contribution in [0.2, 0.25) is 5.02 Å². The van der Waals surface area contributed by atoms with E-state index >= 15 is 0 Å². The lowest BCUT2D eigenvalue weighted by molar-refractivity contribution is -0.129. The maximum Gasteiger partial charge on any atom is 0.255 e. The van der Waals surface area contributed by atoms with Crippen LogP contribution in [0.5, 0.6) is 0 Å². The molecule has 10 heteroatoms. The summed E-state index contributed by atoms with van der Waals surface area (Å²) >= 11 is 7.36. The SMILES string of the molecule is CCc1ccccc1-n1cnnc1SCC(=O)N1CCN(C(=O)c2ccc(F)cc2Cl)CC1. The van der Waals surface area contributed by atoms with Gasteiger partial charge in [0.15, 0.2) is 5.16 Å². The van der Waals surface area contributed by atoms with Gasteiger partial charge in [-0.1, -0.05) is 48.5 Å². The Kier molecular flexibility index (Phi) is 7.29. The molecule has 1 aliphatic rings. The molecule has 1 aromatic heterocycles. The number of halogens is 2. The number of nitrogens with zero attached hydrogens (tertiary/aromatic N) is 5. The number of aryl methyl sites for hydroxylation is 1. The van der Waals surface area contributed by atoms with E-state index in [0.29, 0.717) is 31.3 Å². The molecule has 2 amide bonds. The zero-order chi connectivity index (χ0) is 23.4. The third kappa shape index (κ3) is 5.20. The Bertz CT molecular complexity index is 1160. The summed E-state index contributed by atoms with van der Waals surface area (Å²) in [6.45, 7) is 3.73. The molecule has 1 fully saturated rings. The Morgan fingerprint density at radius 3 is 2.55 bits per heavy atom. The van der Waals surface area contributed by atoms with Crippen LogP contribution in [0, 0.1) is 5.82 Å². The van der Waals surface area contributed by atoms with E-state index < -0.39 is 5.82 Å². The smallest absolute Gasteiger partial charge is 0.255 e. The van der Waals surface area contributed by atoms with Gasteiger partial charge in [0, 0.05) is 26.2 Å². The molecule has 172 valence electrons. The van der Waals surface area contributed by atoms with E-state index in [9.17, 15) is 14.0 Å². The largest absolute Gasteiger partial charge is 0.338 e. The van der Waals surface area contributed by atoms with Gasteiger partial charge in [0.25, 0.3) is 5.91 Å². The van der Waals surface area contributed by atoms with Crippen LogP contribution < -0.4 is 0 Å². The van der Waals surface area contributed by atoms with Gasteiger partial charge in [-0.05, 0) is 36.2 Å². The van der Waals surface area contributed by atoms with Gasteiger partial charge >= 0.3 is 0 Å². The zero-order valence-corrected chi connectivity index (χ0v) is 19.7. The number of thioether (sulfide) groups is 1. The van der Waals surface area contributed by atoms with E-state index in [-0.39, 0.29) is 28.2 Å². The average molecular weight is 488 g/mol. The first kappa shape index (κ1) is 23.3. The standard InChI is InChI=1S/C23H23ClFN5O2S/c1-2-16-5-3-4-6-20(16)30-15-26-27-23(30)33-14-21(31)28-9-11-29(12-10-28)22(32)18-8-7-17(25)13-19(18)24/h3-8,13,15H,2,9-12,14H2,1H3. The molecule has 0 spiro atoms. The van der Waals surface area contributed by atoms with Crippen LogP contribution >= 0.6 is 23.4 Å². The Morgan fingerprint density at radius 1 is 1.09 bits per heavy atom. The molecule has 2 aromatic carbocycles. The van der Waals surface area contributed by atoms with Crippen molar-refractivity contribution in [2.24, 2.45) is 0 Å². The molecule has 7 nitrogen and oxygen atoms in total. The summed E-state index contributed by atoms with van der Waals surface area (Å²) < 4.78 is 15.2. The number of rotatable bonds is 6. The lowest BCUT2D eigenvalue weighted by Gasteiger charge is -2.35. The van der Waals surface area contributed by atoms with Crippen molar-refractivity contribution in [3.05, 3.63) is 70.8 Å². The van der Waals surface area contributed by atoms with E-state index in [1.165, 1.54) is 29.5 Å². The maximum atomic E-state index is 13.3. The second kappa shape index (κ2) is 10.4. The van der Waals surface area contributed by atoms with Gasteiger partial charge in [-0.3, -0.25) is 14.2 Å².